The first-order valence-corrected chi connectivity index (χ1v) is 7.08. The van der Waals surface area contributed by atoms with Crippen molar-refractivity contribution in [2.45, 2.75) is 12.7 Å². The molecule has 0 bridgehead atoms. The zero-order valence-corrected chi connectivity index (χ0v) is 12.1. The second-order valence-corrected chi connectivity index (χ2v) is 5.66. The van der Waals surface area contributed by atoms with Crippen LogP contribution in [0.1, 0.15) is 12.5 Å². The Morgan fingerprint density at radius 3 is 2.82 bits per heavy atom. The molecule has 0 aliphatic rings. The van der Waals surface area contributed by atoms with Gasteiger partial charge in [0.25, 0.3) is 0 Å². The van der Waals surface area contributed by atoms with Crippen molar-refractivity contribution in [1.29, 1.82) is 0 Å². The number of rotatable bonds is 5. The highest BCUT2D eigenvalue weighted by molar-refractivity contribution is 9.10. The summed E-state index contributed by atoms with van der Waals surface area (Å²) in [5.41, 5.74) is 0.902. The molecule has 0 amide bonds. The maximum atomic E-state index is 13.1. The van der Waals surface area contributed by atoms with E-state index in [0.29, 0.717) is 11.5 Å². The summed E-state index contributed by atoms with van der Waals surface area (Å²) >= 11 is 4.83. The predicted octanol–water partition coefficient (Wildman–Crippen LogP) is 3.63. The molecule has 1 aromatic carbocycles. The van der Waals surface area contributed by atoms with Crippen LogP contribution in [0.4, 0.5) is 4.39 Å². The average molecular weight is 321 g/mol. The molecule has 0 aliphatic heterocycles. The fraction of sp³-hybridized carbons (Fsp3) is 0.417. The van der Waals surface area contributed by atoms with Crippen LogP contribution in [0.5, 0.6) is 0 Å². The SMILES string of the molecule is COC(=O)C(C)CSCc1cc(F)cc(Br)c1. The molecule has 1 aromatic rings. The molecule has 17 heavy (non-hydrogen) atoms. The maximum Gasteiger partial charge on any atom is 0.309 e. The molecule has 5 heteroatoms. The van der Waals surface area contributed by atoms with Crippen LogP contribution in [-0.2, 0) is 15.3 Å². The minimum Gasteiger partial charge on any atom is -0.469 e. The summed E-state index contributed by atoms with van der Waals surface area (Å²) in [6, 6.07) is 4.80. The van der Waals surface area contributed by atoms with Crippen LogP contribution in [0, 0.1) is 11.7 Å². The Morgan fingerprint density at radius 1 is 1.53 bits per heavy atom. The van der Waals surface area contributed by atoms with Crippen molar-refractivity contribution in [3.05, 3.63) is 34.1 Å². The fourth-order valence-corrected chi connectivity index (χ4v) is 2.84. The van der Waals surface area contributed by atoms with E-state index < -0.39 is 0 Å². The Balaban J connectivity index is 2.43. The second-order valence-electron chi connectivity index (χ2n) is 3.72. The number of esters is 1. The topological polar surface area (TPSA) is 26.3 Å². The molecule has 0 heterocycles. The molecule has 0 aromatic heterocycles. The average Bonchev–Trinajstić information content (AvgIpc) is 2.26. The number of hydrogen-bond acceptors (Lipinski definition) is 3. The first-order valence-electron chi connectivity index (χ1n) is 5.13. The van der Waals surface area contributed by atoms with Crippen LogP contribution >= 0.6 is 27.7 Å². The Morgan fingerprint density at radius 2 is 2.24 bits per heavy atom. The molecule has 0 saturated heterocycles. The van der Waals surface area contributed by atoms with E-state index in [1.165, 1.54) is 19.2 Å². The Labute approximate surface area is 113 Å². The lowest BCUT2D eigenvalue weighted by atomic mass is 10.2. The molecule has 2 nitrogen and oxygen atoms in total. The summed E-state index contributed by atoms with van der Waals surface area (Å²) in [5.74, 6) is 0.745. The monoisotopic (exact) mass is 320 g/mol. The van der Waals surface area contributed by atoms with Gasteiger partial charge in [-0.3, -0.25) is 4.79 Å². The van der Waals surface area contributed by atoms with Gasteiger partial charge in [-0.25, -0.2) is 4.39 Å². The molecule has 0 saturated carbocycles. The van der Waals surface area contributed by atoms with Gasteiger partial charge in [-0.1, -0.05) is 22.9 Å². The summed E-state index contributed by atoms with van der Waals surface area (Å²) in [7, 11) is 1.38. The quantitative estimate of drug-likeness (QED) is 0.775. The number of benzene rings is 1. The molecule has 1 atom stereocenters. The fourth-order valence-electron chi connectivity index (χ4n) is 1.32. The van der Waals surface area contributed by atoms with Gasteiger partial charge in [0, 0.05) is 16.0 Å². The van der Waals surface area contributed by atoms with Crippen molar-refractivity contribution in [2.24, 2.45) is 5.92 Å². The van der Waals surface area contributed by atoms with Gasteiger partial charge in [0.1, 0.15) is 5.82 Å². The van der Waals surface area contributed by atoms with Crippen LogP contribution in [0.25, 0.3) is 0 Å². The van der Waals surface area contributed by atoms with Gasteiger partial charge in [0.15, 0.2) is 0 Å². The summed E-state index contributed by atoms with van der Waals surface area (Å²) in [6.07, 6.45) is 0. The van der Waals surface area contributed by atoms with Gasteiger partial charge in [-0.15, -0.1) is 0 Å². The third-order valence-corrected chi connectivity index (χ3v) is 3.89. The third kappa shape index (κ3) is 5.08. The first-order chi connectivity index (χ1) is 8.02. The first kappa shape index (κ1) is 14.5. The number of carbonyl (C=O) groups is 1. The highest BCUT2D eigenvalue weighted by atomic mass is 79.9. The van der Waals surface area contributed by atoms with Crippen molar-refractivity contribution in [2.75, 3.05) is 12.9 Å². The number of methoxy groups -OCH3 is 1. The molecule has 0 N–H and O–H groups in total. The van der Waals surface area contributed by atoms with Gasteiger partial charge >= 0.3 is 5.97 Å². The zero-order chi connectivity index (χ0) is 12.8. The van der Waals surface area contributed by atoms with Crippen LogP contribution in [-0.4, -0.2) is 18.8 Å². The molecule has 0 spiro atoms. The second kappa shape index (κ2) is 7.01. The Bertz CT molecular complexity index is 378. The van der Waals surface area contributed by atoms with E-state index in [9.17, 15) is 9.18 Å². The molecule has 94 valence electrons. The lowest BCUT2D eigenvalue weighted by molar-refractivity contribution is -0.143. The van der Waals surface area contributed by atoms with Crippen molar-refractivity contribution in [3.8, 4) is 0 Å². The number of ether oxygens (including phenoxy) is 1. The number of thioether (sulfide) groups is 1. The highest BCUT2D eigenvalue weighted by Gasteiger charge is 2.12. The molecule has 1 rings (SSSR count). The van der Waals surface area contributed by atoms with Crippen LogP contribution in [0.3, 0.4) is 0 Å². The van der Waals surface area contributed by atoms with Crippen molar-refractivity contribution < 1.29 is 13.9 Å². The van der Waals surface area contributed by atoms with Crippen LogP contribution < -0.4 is 0 Å². The van der Waals surface area contributed by atoms with Crippen LogP contribution in [0.2, 0.25) is 0 Å². The summed E-state index contributed by atoms with van der Waals surface area (Å²) in [4.78, 5) is 11.2. The third-order valence-electron chi connectivity index (χ3n) is 2.16. The van der Waals surface area contributed by atoms with E-state index >= 15 is 0 Å². The van der Waals surface area contributed by atoms with Crippen LogP contribution in [0.15, 0.2) is 22.7 Å². The largest absolute Gasteiger partial charge is 0.469 e. The molecule has 0 aliphatic carbocycles. The highest BCUT2D eigenvalue weighted by Crippen LogP contribution is 2.20. The van der Waals surface area contributed by atoms with Gasteiger partial charge in [0.2, 0.25) is 0 Å². The molecule has 0 radical (unpaired) electrons. The molecular formula is C12H14BrFO2S. The standard InChI is InChI=1S/C12H14BrFO2S/c1-8(12(15)16-2)6-17-7-9-3-10(13)5-11(14)4-9/h3-5,8H,6-7H2,1-2H3. The summed E-state index contributed by atoms with van der Waals surface area (Å²) in [6.45, 7) is 1.82. The van der Waals surface area contributed by atoms with Crippen molar-refractivity contribution in [1.82, 2.24) is 0 Å². The number of carbonyl (C=O) groups excluding carboxylic acids is 1. The minimum atomic E-state index is -0.254. The number of hydrogen-bond donors (Lipinski definition) is 0. The molecule has 1 unspecified atom stereocenters. The van der Waals surface area contributed by atoms with E-state index in [4.69, 9.17) is 0 Å². The van der Waals surface area contributed by atoms with Gasteiger partial charge in [-0.2, -0.15) is 11.8 Å². The Hall–Kier alpha value is -0.550. The number of halogens is 2. The van der Waals surface area contributed by atoms with Crippen molar-refractivity contribution in [3.63, 3.8) is 0 Å². The normalized spacial score (nSPS) is 12.2. The van der Waals surface area contributed by atoms with E-state index in [1.54, 1.807) is 11.8 Å². The lowest BCUT2D eigenvalue weighted by Gasteiger charge is -2.08. The summed E-state index contributed by atoms with van der Waals surface area (Å²) in [5, 5.41) is 0. The zero-order valence-electron chi connectivity index (χ0n) is 9.70. The van der Waals surface area contributed by atoms with E-state index in [-0.39, 0.29) is 17.7 Å². The van der Waals surface area contributed by atoms with Gasteiger partial charge < -0.3 is 4.74 Å². The summed E-state index contributed by atoms with van der Waals surface area (Å²) < 4.78 is 18.4. The predicted molar refractivity (Wildman–Crippen MR) is 71.4 cm³/mol. The maximum absolute atomic E-state index is 13.1. The van der Waals surface area contributed by atoms with E-state index in [1.807, 2.05) is 13.0 Å². The van der Waals surface area contributed by atoms with E-state index in [0.717, 1.165) is 10.0 Å². The Kier molecular flexibility index (Phi) is 5.98. The smallest absolute Gasteiger partial charge is 0.309 e. The van der Waals surface area contributed by atoms with Gasteiger partial charge in [-0.05, 0) is 23.8 Å². The van der Waals surface area contributed by atoms with E-state index in [2.05, 4.69) is 20.7 Å². The lowest BCUT2D eigenvalue weighted by Crippen LogP contribution is -2.14. The minimum absolute atomic E-state index is 0.137. The van der Waals surface area contributed by atoms with Gasteiger partial charge in [0.05, 0.1) is 13.0 Å². The molecule has 0 fully saturated rings. The van der Waals surface area contributed by atoms with Crippen molar-refractivity contribution >= 4 is 33.7 Å². The molecular weight excluding hydrogens is 307 g/mol.